The van der Waals surface area contributed by atoms with Crippen LogP contribution in [0.25, 0.3) is 0 Å². The minimum atomic E-state index is -0.433. The van der Waals surface area contributed by atoms with E-state index >= 15 is 0 Å². The fourth-order valence-corrected chi connectivity index (χ4v) is 2.44. The van der Waals surface area contributed by atoms with Crippen molar-refractivity contribution in [3.8, 4) is 0 Å². The maximum absolute atomic E-state index is 14.1. The molecule has 5 heteroatoms. The zero-order chi connectivity index (χ0) is 16.3. The third kappa shape index (κ3) is 3.14. The van der Waals surface area contributed by atoms with Gasteiger partial charge in [-0.1, -0.05) is 32.0 Å². The molecule has 2 rings (SSSR count). The normalized spacial score (nSPS) is 12.4. The van der Waals surface area contributed by atoms with E-state index in [1.807, 2.05) is 26.0 Å². The molecule has 1 aromatic carbocycles. The van der Waals surface area contributed by atoms with Crippen LogP contribution in [0, 0.1) is 11.4 Å². The van der Waals surface area contributed by atoms with Gasteiger partial charge in [-0.05, 0) is 30.7 Å². The predicted molar refractivity (Wildman–Crippen MR) is 87.9 cm³/mol. The summed E-state index contributed by atoms with van der Waals surface area (Å²) in [6.07, 6.45) is 1.21. The van der Waals surface area contributed by atoms with E-state index in [1.165, 1.54) is 6.21 Å². The molecular formula is C17H21FN4. The number of nitrogens with two attached hydrogens (primary N) is 1. The third-order valence-electron chi connectivity index (χ3n) is 3.71. The highest BCUT2D eigenvalue weighted by Crippen LogP contribution is 2.25. The van der Waals surface area contributed by atoms with E-state index in [0.717, 1.165) is 5.56 Å². The molecule has 22 heavy (non-hydrogen) atoms. The highest BCUT2D eigenvalue weighted by atomic mass is 19.1. The van der Waals surface area contributed by atoms with E-state index < -0.39 is 5.95 Å². The Morgan fingerprint density at radius 3 is 2.50 bits per heavy atom. The first kappa shape index (κ1) is 16.1. The molecule has 0 aliphatic carbocycles. The molecule has 0 aliphatic heterocycles. The van der Waals surface area contributed by atoms with Crippen LogP contribution in [0.4, 0.5) is 10.1 Å². The number of hydrogen-bond acceptors (Lipinski definition) is 4. The summed E-state index contributed by atoms with van der Waals surface area (Å²) in [5.41, 5.74) is 9.20. The molecule has 0 spiro atoms. The molecule has 0 amide bonds. The molecule has 2 aromatic rings. The maximum Gasteiger partial charge on any atom is 0.216 e. The molecule has 4 N–H and O–H groups in total. The molecular weight excluding hydrogens is 279 g/mol. The Bertz CT molecular complexity index is 682. The number of benzene rings is 1. The van der Waals surface area contributed by atoms with Gasteiger partial charge in [0.05, 0.1) is 11.7 Å². The van der Waals surface area contributed by atoms with E-state index in [4.69, 9.17) is 11.1 Å². The predicted octanol–water partition coefficient (Wildman–Crippen LogP) is 3.23. The third-order valence-corrected chi connectivity index (χ3v) is 3.71. The number of anilines is 1. The van der Waals surface area contributed by atoms with Crippen LogP contribution in [0.2, 0.25) is 0 Å². The number of halogens is 1. The van der Waals surface area contributed by atoms with Gasteiger partial charge in [0.15, 0.2) is 0 Å². The van der Waals surface area contributed by atoms with Crippen LogP contribution in [-0.4, -0.2) is 18.2 Å². The molecule has 0 radical (unpaired) electrons. The first-order chi connectivity index (χ1) is 10.5. The minimum absolute atomic E-state index is 0.0945. The van der Waals surface area contributed by atoms with E-state index in [9.17, 15) is 4.39 Å². The van der Waals surface area contributed by atoms with Crippen LogP contribution in [0.5, 0.6) is 0 Å². The lowest BCUT2D eigenvalue weighted by atomic mass is 9.99. The van der Waals surface area contributed by atoms with Gasteiger partial charge in [-0.3, -0.25) is 0 Å². The summed E-state index contributed by atoms with van der Waals surface area (Å²) < 4.78 is 14.1. The Morgan fingerprint density at radius 2 is 2.00 bits per heavy atom. The minimum Gasteiger partial charge on any atom is -0.398 e. The molecule has 116 valence electrons. The Labute approximate surface area is 130 Å². The lowest BCUT2D eigenvalue weighted by molar-refractivity contribution is 0.539. The lowest BCUT2D eigenvalue weighted by Crippen LogP contribution is -2.20. The van der Waals surface area contributed by atoms with E-state index in [1.54, 1.807) is 25.2 Å². The lowest BCUT2D eigenvalue weighted by Gasteiger charge is -2.18. The smallest absolute Gasteiger partial charge is 0.216 e. The van der Waals surface area contributed by atoms with Crippen LogP contribution >= 0.6 is 0 Å². The van der Waals surface area contributed by atoms with Crippen molar-refractivity contribution in [1.29, 1.82) is 5.41 Å². The van der Waals surface area contributed by atoms with Crippen LogP contribution in [0.1, 0.15) is 48.2 Å². The van der Waals surface area contributed by atoms with E-state index in [-0.39, 0.29) is 12.0 Å². The first-order valence-corrected chi connectivity index (χ1v) is 7.21. The Kier molecular flexibility index (Phi) is 4.88. The average Bonchev–Trinajstić information content (AvgIpc) is 2.48. The molecule has 1 aromatic heterocycles. The molecule has 1 heterocycles. The largest absolute Gasteiger partial charge is 0.398 e. The van der Waals surface area contributed by atoms with Gasteiger partial charge >= 0.3 is 0 Å². The molecule has 1 unspecified atom stereocenters. The monoisotopic (exact) mass is 300 g/mol. The van der Waals surface area contributed by atoms with Crippen molar-refractivity contribution in [3.63, 3.8) is 0 Å². The zero-order valence-electron chi connectivity index (χ0n) is 13.0. The number of aromatic nitrogens is 1. The highest BCUT2D eigenvalue weighted by molar-refractivity contribution is 5.85. The number of nitrogens with zero attached hydrogens (tertiary/aromatic N) is 1. The number of pyridine rings is 1. The van der Waals surface area contributed by atoms with Gasteiger partial charge in [0, 0.05) is 23.0 Å². The summed E-state index contributed by atoms with van der Waals surface area (Å²) in [7, 11) is 1.79. The maximum atomic E-state index is 14.1. The standard InChI is InChI=1S/C17H21FN4/c1-10(2)13-6-7-15(22-17(13)18)16(21-3)11-4-5-12(9-19)14(20)8-11/h4-10,16,19,21H,20H2,1-3H3. The summed E-state index contributed by atoms with van der Waals surface area (Å²) in [6, 6.07) is 8.80. The van der Waals surface area contributed by atoms with Crippen molar-refractivity contribution in [3.05, 3.63) is 58.7 Å². The molecule has 0 aliphatic rings. The molecule has 0 bridgehead atoms. The van der Waals surface area contributed by atoms with Gasteiger partial charge in [-0.25, -0.2) is 4.98 Å². The van der Waals surface area contributed by atoms with Gasteiger partial charge in [-0.2, -0.15) is 4.39 Å². The Hall–Kier alpha value is -2.27. The molecule has 4 nitrogen and oxygen atoms in total. The van der Waals surface area contributed by atoms with Crippen LogP contribution in [-0.2, 0) is 0 Å². The molecule has 1 atom stereocenters. The van der Waals surface area contributed by atoms with Crippen molar-refractivity contribution in [1.82, 2.24) is 10.3 Å². The van der Waals surface area contributed by atoms with Crippen molar-refractivity contribution in [2.24, 2.45) is 0 Å². The summed E-state index contributed by atoms with van der Waals surface area (Å²) in [6.45, 7) is 3.87. The fraction of sp³-hybridized carbons (Fsp3) is 0.294. The summed E-state index contributed by atoms with van der Waals surface area (Å²) >= 11 is 0. The van der Waals surface area contributed by atoms with Crippen molar-refractivity contribution in [2.75, 3.05) is 12.8 Å². The highest BCUT2D eigenvalue weighted by Gasteiger charge is 2.17. The summed E-state index contributed by atoms with van der Waals surface area (Å²) in [5, 5.41) is 10.4. The van der Waals surface area contributed by atoms with Crippen LogP contribution in [0.3, 0.4) is 0 Å². The van der Waals surface area contributed by atoms with E-state index in [0.29, 0.717) is 22.5 Å². The molecule has 0 fully saturated rings. The zero-order valence-corrected chi connectivity index (χ0v) is 13.0. The molecule has 0 saturated heterocycles. The first-order valence-electron chi connectivity index (χ1n) is 7.21. The summed E-state index contributed by atoms with van der Waals surface area (Å²) in [5.74, 6) is -0.339. The number of nitrogen functional groups attached to an aromatic ring is 1. The topological polar surface area (TPSA) is 74.8 Å². The fourth-order valence-electron chi connectivity index (χ4n) is 2.44. The van der Waals surface area contributed by atoms with Crippen LogP contribution in [0.15, 0.2) is 30.3 Å². The van der Waals surface area contributed by atoms with Gasteiger partial charge in [-0.15, -0.1) is 0 Å². The second kappa shape index (κ2) is 6.66. The number of rotatable bonds is 5. The van der Waals surface area contributed by atoms with Gasteiger partial charge < -0.3 is 16.5 Å². The SMILES string of the molecule is CNC(c1ccc(C=N)c(N)c1)c1ccc(C(C)C)c(F)n1. The number of hydrogen-bond donors (Lipinski definition) is 3. The number of nitrogens with one attached hydrogen (secondary N) is 2. The van der Waals surface area contributed by atoms with Crippen LogP contribution < -0.4 is 11.1 Å². The second-order valence-corrected chi connectivity index (χ2v) is 5.53. The Balaban J connectivity index is 2.42. The average molecular weight is 300 g/mol. The van der Waals surface area contributed by atoms with Gasteiger partial charge in [0.1, 0.15) is 0 Å². The quantitative estimate of drug-likeness (QED) is 0.451. The van der Waals surface area contributed by atoms with Gasteiger partial charge in [0.25, 0.3) is 0 Å². The van der Waals surface area contributed by atoms with Crippen molar-refractivity contribution in [2.45, 2.75) is 25.8 Å². The molecule has 0 saturated carbocycles. The van der Waals surface area contributed by atoms with Gasteiger partial charge in [0.2, 0.25) is 5.95 Å². The Morgan fingerprint density at radius 1 is 1.27 bits per heavy atom. The van der Waals surface area contributed by atoms with Crippen molar-refractivity contribution >= 4 is 11.9 Å². The second-order valence-electron chi connectivity index (χ2n) is 5.53. The summed E-state index contributed by atoms with van der Waals surface area (Å²) in [4.78, 5) is 4.10. The van der Waals surface area contributed by atoms with E-state index in [2.05, 4.69) is 10.3 Å². The van der Waals surface area contributed by atoms with Crippen molar-refractivity contribution < 1.29 is 4.39 Å².